The number of rotatable bonds is 3. The zero-order valence-corrected chi connectivity index (χ0v) is 14.4. The van der Waals surface area contributed by atoms with Gasteiger partial charge in [-0.15, -0.1) is 0 Å². The minimum atomic E-state index is 0.772. The molecule has 0 spiro atoms. The summed E-state index contributed by atoms with van der Waals surface area (Å²) in [6, 6.07) is 35.6. The SMILES string of the molecule is Clc1ccc(-c2cccc(-c3ccccc3)c2)cc1-c1ccccc1. The van der Waals surface area contributed by atoms with E-state index in [1.165, 1.54) is 22.3 Å². The van der Waals surface area contributed by atoms with Crippen LogP contribution < -0.4 is 0 Å². The maximum Gasteiger partial charge on any atom is 0.0484 e. The largest absolute Gasteiger partial charge is 0.0837 e. The highest BCUT2D eigenvalue weighted by atomic mass is 35.5. The van der Waals surface area contributed by atoms with Gasteiger partial charge in [0.1, 0.15) is 0 Å². The second-order valence-electron chi connectivity index (χ2n) is 6.01. The standard InChI is InChI=1S/C24H17Cl/c25-24-15-14-22(17-23(24)19-10-5-2-6-11-19)21-13-7-12-20(16-21)18-8-3-1-4-9-18/h1-17H. The van der Waals surface area contributed by atoms with E-state index in [0.29, 0.717) is 0 Å². The summed E-state index contributed by atoms with van der Waals surface area (Å²) in [5.41, 5.74) is 6.99. The third-order valence-corrected chi connectivity index (χ3v) is 4.68. The maximum atomic E-state index is 6.45. The quantitative estimate of drug-likeness (QED) is 0.366. The molecule has 4 aromatic carbocycles. The van der Waals surface area contributed by atoms with Crippen LogP contribution in [0.2, 0.25) is 5.02 Å². The van der Waals surface area contributed by atoms with Crippen LogP contribution in [-0.4, -0.2) is 0 Å². The average molecular weight is 341 g/mol. The van der Waals surface area contributed by atoms with Gasteiger partial charge in [0.05, 0.1) is 0 Å². The maximum absolute atomic E-state index is 6.45. The lowest BCUT2D eigenvalue weighted by Gasteiger charge is -2.10. The van der Waals surface area contributed by atoms with Gasteiger partial charge in [-0.25, -0.2) is 0 Å². The highest BCUT2D eigenvalue weighted by Crippen LogP contribution is 2.33. The van der Waals surface area contributed by atoms with Crippen LogP contribution in [-0.2, 0) is 0 Å². The van der Waals surface area contributed by atoms with Crippen molar-refractivity contribution in [3.05, 3.63) is 108 Å². The van der Waals surface area contributed by atoms with Gasteiger partial charge < -0.3 is 0 Å². The van der Waals surface area contributed by atoms with Crippen LogP contribution in [0, 0.1) is 0 Å². The van der Waals surface area contributed by atoms with Crippen molar-refractivity contribution in [1.82, 2.24) is 0 Å². The molecule has 0 aliphatic heterocycles. The summed E-state index contributed by atoms with van der Waals surface area (Å²) in [5.74, 6) is 0. The zero-order chi connectivity index (χ0) is 17.1. The molecule has 0 unspecified atom stereocenters. The molecule has 0 aromatic heterocycles. The molecule has 0 radical (unpaired) electrons. The minimum Gasteiger partial charge on any atom is -0.0837 e. The Morgan fingerprint density at radius 2 is 0.920 bits per heavy atom. The smallest absolute Gasteiger partial charge is 0.0484 e. The molecular weight excluding hydrogens is 324 g/mol. The first-order chi connectivity index (χ1) is 12.3. The molecular formula is C24H17Cl. The van der Waals surface area contributed by atoms with Crippen LogP contribution in [0.1, 0.15) is 0 Å². The monoisotopic (exact) mass is 340 g/mol. The van der Waals surface area contributed by atoms with Crippen LogP contribution in [0.5, 0.6) is 0 Å². The van der Waals surface area contributed by atoms with Gasteiger partial charge in [-0.05, 0) is 46.0 Å². The van der Waals surface area contributed by atoms with Crippen molar-refractivity contribution in [1.29, 1.82) is 0 Å². The van der Waals surface area contributed by atoms with E-state index >= 15 is 0 Å². The van der Waals surface area contributed by atoms with Crippen molar-refractivity contribution in [2.75, 3.05) is 0 Å². The first kappa shape index (κ1) is 15.7. The van der Waals surface area contributed by atoms with Crippen molar-refractivity contribution in [3.8, 4) is 33.4 Å². The van der Waals surface area contributed by atoms with Crippen LogP contribution in [0.4, 0.5) is 0 Å². The van der Waals surface area contributed by atoms with E-state index in [4.69, 9.17) is 11.6 Å². The first-order valence-corrected chi connectivity index (χ1v) is 8.70. The summed E-state index contributed by atoms with van der Waals surface area (Å²) in [6.07, 6.45) is 0. The predicted molar refractivity (Wildman–Crippen MR) is 108 cm³/mol. The molecule has 0 fully saturated rings. The van der Waals surface area contributed by atoms with Gasteiger partial charge in [-0.2, -0.15) is 0 Å². The van der Waals surface area contributed by atoms with Crippen LogP contribution in [0.25, 0.3) is 33.4 Å². The van der Waals surface area contributed by atoms with Crippen molar-refractivity contribution in [2.45, 2.75) is 0 Å². The van der Waals surface area contributed by atoms with Gasteiger partial charge in [0, 0.05) is 10.6 Å². The molecule has 4 rings (SSSR count). The Hall–Kier alpha value is -2.83. The molecule has 0 nitrogen and oxygen atoms in total. The van der Waals surface area contributed by atoms with Gasteiger partial charge in [-0.3, -0.25) is 0 Å². The Bertz CT molecular complexity index is 989. The summed E-state index contributed by atoms with van der Waals surface area (Å²) in [7, 11) is 0. The fraction of sp³-hybridized carbons (Fsp3) is 0. The Balaban J connectivity index is 1.78. The molecule has 25 heavy (non-hydrogen) atoms. The molecule has 0 saturated heterocycles. The van der Waals surface area contributed by atoms with Crippen molar-refractivity contribution in [2.24, 2.45) is 0 Å². The predicted octanol–water partition coefficient (Wildman–Crippen LogP) is 7.34. The summed E-state index contributed by atoms with van der Waals surface area (Å²) >= 11 is 6.45. The zero-order valence-electron chi connectivity index (χ0n) is 13.7. The van der Waals surface area contributed by atoms with E-state index in [0.717, 1.165) is 16.1 Å². The number of halogens is 1. The lowest BCUT2D eigenvalue weighted by molar-refractivity contribution is 1.57. The van der Waals surface area contributed by atoms with Crippen LogP contribution >= 0.6 is 11.6 Å². The number of hydrogen-bond donors (Lipinski definition) is 0. The van der Waals surface area contributed by atoms with Crippen molar-refractivity contribution < 1.29 is 0 Å². The summed E-state index contributed by atoms with van der Waals surface area (Å²) < 4.78 is 0. The lowest BCUT2D eigenvalue weighted by atomic mass is 9.96. The Morgan fingerprint density at radius 3 is 1.60 bits per heavy atom. The molecule has 0 amide bonds. The highest BCUT2D eigenvalue weighted by Gasteiger charge is 2.07. The molecule has 0 aliphatic rings. The molecule has 0 aliphatic carbocycles. The summed E-state index contributed by atoms with van der Waals surface area (Å²) in [4.78, 5) is 0. The molecule has 0 bridgehead atoms. The summed E-state index contributed by atoms with van der Waals surface area (Å²) in [5, 5.41) is 0.772. The molecule has 1 heteroatoms. The molecule has 0 atom stereocenters. The minimum absolute atomic E-state index is 0.772. The second-order valence-corrected chi connectivity index (χ2v) is 6.41. The van der Waals surface area contributed by atoms with E-state index in [-0.39, 0.29) is 0 Å². The molecule has 0 saturated carbocycles. The van der Waals surface area contributed by atoms with E-state index < -0.39 is 0 Å². The van der Waals surface area contributed by atoms with Crippen molar-refractivity contribution >= 4 is 11.6 Å². The molecule has 0 N–H and O–H groups in total. The van der Waals surface area contributed by atoms with Crippen molar-refractivity contribution in [3.63, 3.8) is 0 Å². The van der Waals surface area contributed by atoms with Gasteiger partial charge in [0.2, 0.25) is 0 Å². The van der Waals surface area contributed by atoms with Crippen LogP contribution in [0.3, 0.4) is 0 Å². The van der Waals surface area contributed by atoms with E-state index in [1.807, 2.05) is 30.3 Å². The fourth-order valence-electron chi connectivity index (χ4n) is 3.05. The number of hydrogen-bond acceptors (Lipinski definition) is 0. The highest BCUT2D eigenvalue weighted by molar-refractivity contribution is 6.33. The van der Waals surface area contributed by atoms with Gasteiger partial charge in [-0.1, -0.05) is 96.5 Å². The first-order valence-electron chi connectivity index (χ1n) is 8.32. The van der Waals surface area contributed by atoms with Gasteiger partial charge in [0.25, 0.3) is 0 Å². The normalized spacial score (nSPS) is 10.6. The molecule has 120 valence electrons. The fourth-order valence-corrected chi connectivity index (χ4v) is 3.28. The number of benzene rings is 4. The van der Waals surface area contributed by atoms with E-state index in [1.54, 1.807) is 0 Å². The Labute approximate surface area is 153 Å². The third-order valence-electron chi connectivity index (χ3n) is 4.35. The topological polar surface area (TPSA) is 0 Å². The van der Waals surface area contributed by atoms with Crippen LogP contribution in [0.15, 0.2) is 103 Å². The van der Waals surface area contributed by atoms with Gasteiger partial charge in [0.15, 0.2) is 0 Å². The Kier molecular flexibility index (Phi) is 4.37. The van der Waals surface area contributed by atoms with E-state index in [9.17, 15) is 0 Å². The second kappa shape index (κ2) is 6.96. The van der Waals surface area contributed by atoms with Gasteiger partial charge >= 0.3 is 0 Å². The molecule has 4 aromatic rings. The Morgan fingerprint density at radius 1 is 0.400 bits per heavy atom. The average Bonchev–Trinajstić information content (AvgIpc) is 2.70. The third kappa shape index (κ3) is 3.35. The van der Waals surface area contributed by atoms with E-state index in [2.05, 4.69) is 72.8 Å². The molecule has 0 heterocycles. The lowest BCUT2D eigenvalue weighted by Crippen LogP contribution is -1.84. The summed E-state index contributed by atoms with van der Waals surface area (Å²) in [6.45, 7) is 0.